The fraction of sp³-hybridized carbons (Fsp3) is 0.273. The maximum Gasteiger partial charge on any atom is 0.243 e. The SMILES string of the molecule is COc1ccc(S(=O)(=O)N2CCN(Cc3c(O)ccc4ccccc34)CC2)cc1. The molecule has 0 spiro atoms. The number of hydrogen-bond donors (Lipinski definition) is 1. The molecule has 1 fully saturated rings. The third-order valence-corrected chi connectivity index (χ3v) is 7.34. The van der Waals surface area contributed by atoms with Crippen molar-refractivity contribution in [3.63, 3.8) is 0 Å². The first-order valence-corrected chi connectivity index (χ1v) is 11.0. The topological polar surface area (TPSA) is 70.1 Å². The summed E-state index contributed by atoms with van der Waals surface area (Å²) in [5, 5.41) is 12.5. The molecule has 0 atom stereocenters. The molecular formula is C22H24N2O4S. The highest BCUT2D eigenvalue weighted by Crippen LogP contribution is 2.29. The van der Waals surface area contributed by atoms with E-state index < -0.39 is 10.0 Å². The van der Waals surface area contributed by atoms with Gasteiger partial charge in [-0.1, -0.05) is 30.3 Å². The molecule has 3 aromatic rings. The van der Waals surface area contributed by atoms with E-state index >= 15 is 0 Å². The zero-order valence-corrected chi connectivity index (χ0v) is 17.1. The number of sulfonamides is 1. The standard InChI is InChI=1S/C22H24N2O4S/c1-28-18-7-9-19(10-8-18)29(26,27)24-14-12-23(13-15-24)16-21-20-5-3-2-4-17(20)6-11-22(21)25/h2-11,25H,12-16H2,1H3. The minimum atomic E-state index is -3.52. The lowest BCUT2D eigenvalue weighted by Gasteiger charge is -2.34. The molecule has 4 rings (SSSR count). The van der Waals surface area contributed by atoms with Crippen molar-refractivity contribution in [2.24, 2.45) is 0 Å². The molecule has 0 amide bonds. The summed E-state index contributed by atoms with van der Waals surface area (Å²) in [4.78, 5) is 2.46. The number of phenols is 1. The average Bonchev–Trinajstić information content (AvgIpc) is 2.76. The molecule has 0 saturated carbocycles. The summed E-state index contributed by atoms with van der Waals surface area (Å²) in [6, 6.07) is 18.1. The highest BCUT2D eigenvalue weighted by atomic mass is 32.2. The van der Waals surface area contributed by atoms with Gasteiger partial charge in [-0.05, 0) is 41.1 Å². The van der Waals surface area contributed by atoms with E-state index in [1.54, 1.807) is 37.4 Å². The van der Waals surface area contributed by atoms with Crippen LogP contribution in [0.2, 0.25) is 0 Å². The van der Waals surface area contributed by atoms with Gasteiger partial charge in [0.05, 0.1) is 12.0 Å². The molecule has 3 aromatic carbocycles. The molecule has 0 radical (unpaired) electrons. The van der Waals surface area contributed by atoms with Crippen LogP contribution < -0.4 is 4.74 Å². The summed E-state index contributed by atoms with van der Waals surface area (Å²) in [7, 11) is -1.97. The molecule has 1 N–H and O–H groups in total. The maximum absolute atomic E-state index is 12.9. The Morgan fingerprint density at radius 1 is 0.931 bits per heavy atom. The molecule has 152 valence electrons. The van der Waals surface area contributed by atoms with Crippen LogP contribution in [-0.2, 0) is 16.6 Å². The maximum atomic E-state index is 12.9. The van der Waals surface area contributed by atoms with Gasteiger partial charge in [0.1, 0.15) is 11.5 Å². The van der Waals surface area contributed by atoms with Gasteiger partial charge in [0.25, 0.3) is 0 Å². The van der Waals surface area contributed by atoms with Crippen LogP contribution in [0.15, 0.2) is 65.6 Å². The van der Waals surface area contributed by atoms with Crippen LogP contribution in [0.25, 0.3) is 10.8 Å². The first-order chi connectivity index (χ1) is 14.0. The number of rotatable bonds is 5. The Morgan fingerprint density at radius 2 is 1.62 bits per heavy atom. The van der Waals surface area contributed by atoms with Gasteiger partial charge >= 0.3 is 0 Å². The van der Waals surface area contributed by atoms with Crippen molar-refractivity contribution in [3.05, 3.63) is 66.2 Å². The predicted octanol–water partition coefficient (Wildman–Crippen LogP) is 3.06. The second-order valence-electron chi connectivity index (χ2n) is 7.14. The highest BCUT2D eigenvalue weighted by molar-refractivity contribution is 7.89. The largest absolute Gasteiger partial charge is 0.508 e. The molecule has 6 nitrogen and oxygen atoms in total. The van der Waals surface area contributed by atoms with Gasteiger partial charge in [-0.2, -0.15) is 4.31 Å². The molecule has 0 unspecified atom stereocenters. The molecular weight excluding hydrogens is 388 g/mol. The van der Waals surface area contributed by atoms with Gasteiger partial charge < -0.3 is 9.84 Å². The summed E-state index contributed by atoms with van der Waals surface area (Å²) in [6.07, 6.45) is 0. The zero-order valence-electron chi connectivity index (χ0n) is 16.3. The Hall–Kier alpha value is -2.61. The number of piperazine rings is 1. The van der Waals surface area contributed by atoms with Gasteiger partial charge in [-0.3, -0.25) is 4.90 Å². The molecule has 1 heterocycles. The Labute approximate surface area is 171 Å². The minimum absolute atomic E-state index is 0.275. The number of nitrogens with zero attached hydrogens (tertiary/aromatic N) is 2. The first-order valence-electron chi connectivity index (χ1n) is 9.55. The van der Waals surface area contributed by atoms with Crippen molar-refractivity contribution in [3.8, 4) is 11.5 Å². The van der Waals surface area contributed by atoms with Crippen LogP contribution >= 0.6 is 0 Å². The van der Waals surface area contributed by atoms with Gasteiger partial charge in [0.2, 0.25) is 10.0 Å². The van der Waals surface area contributed by atoms with Gasteiger partial charge in [-0.15, -0.1) is 0 Å². The van der Waals surface area contributed by atoms with Gasteiger partial charge in [0, 0.05) is 38.3 Å². The second kappa shape index (κ2) is 8.02. The van der Waals surface area contributed by atoms with Crippen LogP contribution in [0.4, 0.5) is 0 Å². The molecule has 1 aliphatic rings. The van der Waals surface area contributed by atoms with E-state index in [9.17, 15) is 13.5 Å². The van der Waals surface area contributed by atoms with Crippen LogP contribution in [0, 0.1) is 0 Å². The summed E-state index contributed by atoms with van der Waals surface area (Å²) >= 11 is 0. The van der Waals surface area contributed by atoms with E-state index in [-0.39, 0.29) is 10.6 Å². The number of aromatic hydroxyl groups is 1. The van der Waals surface area contributed by atoms with Crippen molar-refractivity contribution in [1.82, 2.24) is 9.21 Å². The number of benzene rings is 3. The lowest BCUT2D eigenvalue weighted by molar-refractivity contribution is 0.180. The number of ether oxygens (including phenoxy) is 1. The van der Waals surface area contributed by atoms with Crippen LogP contribution in [-0.4, -0.2) is 56.0 Å². The lowest BCUT2D eigenvalue weighted by Crippen LogP contribution is -2.48. The van der Waals surface area contributed by atoms with Crippen molar-refractivity contribution >= 4 is 20.8 Å². The molecule has 0 aliphatic carbocycles. The van der Waals surface area contributed by atoms with E-state index in [0.717, 1.165) is 16.3 Å². The van der Waals surface area contributed by atoms with Crippen LogP contribution in [0.5, 0.6) is 11.5 Å². The van der Waals surface area contributed by atoms with Gasteiger partial charge in [0.15, 0.2) is 0 Å². The average molecular weight is 413 g/mol. The third kappa shape index (κ3) is 3.94. The first kappa shape index (κ1) is 19.7. The van der Waals surface area contributed by atoms with Gasteiger partial charge in [-0.25, -0.2) is 8.42 Å². The molecule has 7 heteroatoms. The van der Waals surface area contributed by atoms with E-state index in [1.807, 2.05) is 30.3 Å². The van der Waals surface area contributed by atoms with Crippen LogP contribution in [0.3, 0.4) is 0 Å². The number of methoxy groups -OCH3 is 1. The molecule has 1 aliphatic heterocycles. The summed E-state index contributed by atoms with van der Waals surface area (Å²) in [5.74, 6) is 0.903. The fourth-order valence-corrected chi connectivity index (χ4v) is 5.16. The van der Waals surface area contributed by atoms with Crippen LogP contribution in [0.1, 0.15) is 5.56 Å². The predicted molar refractivity (Wildman–Crippen MR) is 113 cm³/mol. The fourth-order valence-electron chi connectivity index (χ4n) is 3.74. The van der Waals surface area contributed by atoms with Crippen molar-refractivity contribution in [2.75, 3.05) is 33.3 Å². The summed E-state index contributed by atoms with van der Waals surface area (Å²) in [6.45, 7) is 2.64. The second-order valence-corrected chi connectivity index (χ2v) is 9.08. The highest BCUT2D eigenvalue weighted by Gasteiger charge is 2.29. The number of fused-ring (bicyclic) bond motifs is 1. The molecule has 29 heavy (non-hydrogen) atoms. The minimum Gasteiger partial charge on any atom is -0.508 e. The van der Waals surface area contributed by atoms with Crippen molar-refractivity contribution in [2.45, 2.75) is 11.4 Å². The number of hydrogen-bond acceptors (Lipinski definition) is 5. The quantitative estimate of drug-likeness (QED) is 0.698. The van der Waals surface area contributed by atoms with E-state index in [1.165, 1.54) is 4.31 Å². The van der Waals surface area contributed by atoms with E-state index in [0.29, 0.717) is 38.5 Å². The van der Waals surface area contributed by atoms with E-state index in [2.05, 4.69) is 4.90 Å². The lowest BCUT2D eigenvalue weighted by atomic mass is 10.0. The third-order valence-electron chi connectivity index (χ3n) is 5.43. The van der Waals surface area contributed by atoms with E-state index in [4.69, 9.17) is 4.74 Å². The summed E-state index contributed by atoms with van der Waals surface area (Å²) < 4.78 is 32.4. The molecule has 0 bridgehead atoms. The Kier molecular flexibility index (Phi) is 5.45. The molecule has 0 aromatic heterocycles. The number of phenolic OH excluding ortho intramolecular Hbond substituents is 1. The summed E-state index contributed by atoms with van der Waals surface area (Å²) in [5.41, 5.74) is 0.884. The van der Waals surface area contributed by atoms with Crippen molar-refractivity contribution in [1.29, 1.82) is 0 Å². The smallest absolute Gasteiger partial charge is 0.243 e. The Bertz CT molecular complexity index is 1110. The monoisotopic (exact) mass is 412 g/mol. The Morgan fingerprint density at radius 3 is 2.31 bits per heavy atom. The van der Waals surface area contributed by atoms with Crippen molar-refractivity contribution < 1.29 is 18.3 Å². The Balaban J connectivity index is 1.46. The normalized spacial score (nSPS) is 16.2. The zero-order chi connectivity index (χ0) is 20.4. The molecule has 1 saturated heterocycles.